The van der Waals surface area contributed by atoms with Gasteiger partial charge in [0.1, 0.15) is 0 Å². The maximum atomic E-state index is 12.3. The number of methoxy groups -OCH3 is 1. The minimum absolute atomic E-state index is 0.0124. The van der Waals surface area contributed by atoms with Crippen LogP contribution in [0.5, 0.6) is 0 Å². The van der Waals surface area contributed by atoms with Crippen molar-refractivity contribution in [1.82, 2.24) is 4.90 Å². The summed E-state index contributed by atoms with van der Waals surface area (Å²) >= 11 is 5.97. The van der Waals surface area contributed by atoms with Crippen molar-refractivity contribution < 1.29 is 19.1 Å². The molecule has 1 aromatic carbocycles. The maximum Gasteiger partial charge on any atom is 0.339 e. The molecule has 2 unspecified atom stereocenters. The van der Waals surface area contributed by atoms with Gasteiger partial charge in [0.15, 0.2) is 0 Å². The highest BCUT2D eigenvalue weighted by Gasteiger charge is 2.25. The Bertz CT molecular complexity index is 583. The third-order valence-electron chi connectivity index (χ3n) is 3.59. The first kappa shape index (κ1) is 17.6. The second-order valence-corrected chi connectivity index (χ2v) is 6.00. The van der Waals surface area contributed by atoms with E-state index >= 15 is 0 Å². The number of amides is 1. The Labute approximate surface area is 140 Å². The molecule has 1 aliphatic heterocycles. The third-order valence-corrected chi connectivity index (χ3v) is 3.92. The molecule has 1 N–H and O–H groups in total. The fourth-order valence-electron chi connectivity index (χ4n) is 2.57. The molecule has 0 bridgehead atoms. The first-order valence-electron chi connectivity index (χ1n) is 7.45. The molecule has 1 heterocycles. The Morgan fingerprint density at radius 3 is 2.61 bits per heavy atom. The lowest BCUT2D eigenvalue weighted by molar-refractivity contribution is -0.141. The van der Waals surface area contributed by atoms with Crippen LogP contribution in [0.1, 0.15) is 24.2 Å². The van der Waals surface area contributed by atoms with Crippen molar-refractivity contribution in [2.45, 2.75) is 26.1 Å². The van der Waals surface area contributed by atoms with Crippen molar-refractivity contribution in [3.63, 3.8) is 0 Å². The molecule has 0 aliphatic carbocycles. The van der Waals surface area contributed by atoms with Crippen LogP contribution in [0.25, 0.3) is 0 Å². The second kappa shape index (κ2) is 7.66. The molecule has 0 spiro atoms. The Hall–Kier alpha value is -1.79. The first-order chi connectivity index (χ1) is 10.9. The Balaban J connectivity index is 1.98. The third kappa shape index (κ3) is 4.59. The molecule has 0 radical (unpaired) electrons. The Kier molecular flexibility index (Phi) is 5.85. The summed E-state index contributed by atoms with van der Waals surface area (Å²) in [4.78, 5) is 25.7. The summed E-state index contributed by atoms with van der Waals surface area (Å²) in [5.41, 5.74) is 0.901. The number of esters is 1. The molecule has 2 rings (SSSR count). The number of anilines is 1. The zero-order chi connectivity index (χ0) is 17.0. The quantitative estimate of drug-likeness (QED) is 0.851. The van der Waals surface area contributed by atoms with E-state index in [1.54, 1.807) is 23.1 Å². The summed E-state index contributed by atoms with van der Waals surface area (Å²) in [5, 5.41) is 3.33. The van der Waals surface area contributed by atoms with Gasteiger partial charge in [-0.1, -0.05) is 11.6 Å². The molecule has 1 aromatic rings. The molecular weight excluding hydrogens is 320 g/mol. The van der Waals surface area contributed by atoms with E-state index in [0.717, 1.165) is 0 Å². The number of halogens is 1. The van der Waals surface area contributed by atoms with Crippen LogP contribution in [0.3, 0.4) is 0 Å². The van der Waals surface area contributed by atoms with E-state index in [1.807, 2.05) is 13.8 Å². The number of ether oxygens (including phenoxy) is 2. The van der Waals surface area contributed by atoms with Crippen molar-refractivity contribution >= 4 is 29.2 Å². The van der Waals surface area contributed by atoms with Crippen LogP contribution in [0.2, 0.25) is 5.02 Å². The molecule has 23 heavy (non-hydrogen) atoms. The number of nitrogens with zero attached hydrogens (tertiary/aromatic N) is 1. The summed E-state index contributed by atoms with van der Waals surface area (Å²) in [5.74, 6) is -0.526. The predicted molar refractivity (Wildman–Crippen MR) is 87.9 cm³/mol. The van der Waals surface area contributed by atoms with Crippen molar-refractivity contribution in [3.8, 4) is 0 Å². The lowest BCUT2D eigenvalue weighted by Gasteiger charge is -2.35. The molecule has 0 saturated carbocycles. The van der Waals surface area contributed by atoms with Gasteiger partial charge in [-0.05, 0) is 32.0 Å². The SMILES string of the molecule is COC(=O)c1cc(NCC(=O)N2CC(C)OC(C)C2)ccc1Cl. The molecule has 1 saturated heterocycles. The maximum absolute atomic E-state index is 12.3. The van der Waals surface area contributed by atoms with Crippen molar-refractivity contribution in [2.24, 2.45) is 0 Å². The van der Waals surface area contributed by atoms with Gasteiger partial charge in [-0.25, -0.2) is 4.79 Å². The molecule has 6 nitrogen and oxygen atoms in total. The summed E-state index contributed by atoms with van der Waals surface area (Å²) in [6.07, 6.45) is 0.0633. The molecule has 1 amide bonds. The van der Waals surface area contributed by atoms with Gasteiger partial charge in [-0.15, -0.1) is 0 Å². The highest BCUT2D eigenvalue weighted by Crippen LogP contribution is 2.21. The van der Waals surface area contributed by atoms with Crippen LogP contribution in [-0.2, 0) is 14.3 Å². The smallest absolute Gasteiger partial charge is 0.339 e. The number of carbonyl (C=O) groups excluding carboxylic acids is 2. The molecule has 0 aromatic heterocycles. The van der Waals surface area contributed by atoms with Crippen molar-refractivity contribution in [3.05, 3.63) is 28.8 Å². The fourth-order valence-corrected chi connectivity index (χ4v) is 2.77. The second-order valence-electron chi connectivity index (χ2n) is 5.60. The van der Waals surface area contributed by atoms with Gasteiger partial charge < -0.3 is 19.7 Å². The van der Waals surface area contributed by atoms with E-state index in [1.165, 1.54) is 7.11 Å². The Morgan fingerprint density at radius 2 is 2.00 bits per heavy atom. The monoisotopic (exact) mass is 340 g/mol. The average molecular weight is 341 g/mol. The van der Waals surface area contributed by atoms with Crippen LogP contribution >= 0.6 is 11.6 Å². The summed E-state index contributed by atoms with van der Waals surface area (Å²) in [6, 6.07) is 4.89. The van der Waals surface area contributed by atoms with E-state index in [4.69, 9.17) is 16.3 Å². The molecule has 126 valence electrons. The standard InChI is InChI=1S/C16H21ClN2O4/c1-10-8-19(9-11(2)23-10)15(20)7-18-12-4-5-14(17)13(6-12)16(21)22-3/h4-6,10-11,18H,7-9H2,1-3H3. The molecule has 1 fully saturated rings. The van der Waals surface area contributed by atoms with E-state index in [0.29, 0.717) is 23.8 Å². The number of benzene rings is 1. The highest BCUT2D eigenvalue weighted by molar-refractivity contribution is 6.33. The number of nitrogens with one attached hydrogen (secondary N) is 1. The van der Waals surface area contributed by atoms with Gasteiger partial charge in [0, 0.05) is 18.8 Å². The minimum Gasteiger partial charge on any atom is -0.465 e. The van der Waals surface area contributed by atoms with Crippen LogP contribution in [0.4, 0.5) is 5.69 Å². The number of morpholine rings is 1. The zero-order valence-corrected chi connectivity index (χ0v) is 14.2. The van der Waals surface area contributed by atoms with E-state index in [-0.39, 0.29) is 30.2 Å². The van der Waals surface area contributed by atoms with Crippen LogP contribution < -0.4 is 5.32 Å². The summed E-state index contributed by atoms with van der Waals surface area (Å²) in [6.45, 7) is 5.20. The zero-order valence-electron chi connectivity index (χ0n) is 13.5. The van der Waals surface area contributed by atoms with Crippen LogP contribution in [-0.4, -0.2) is 55.7 Å². The topological polar surface area (TPSA) is 67.9 Å². The highest BCUT2D eigenvalue weighted by atomic mass is 35.5. The molecule has 2 atom stereocenters. The van der Waals surface area contributed by atoms with Gasteiger partial charge in [-0.2, -0.15) is 0 Å². The van der Waals surface area contributed by atoms with Crippen molar-refractivity contribution in [1.29, 1.82) is 0 Å². The fraction of sp³-hybridized carbons (Fsp3) is 0.500. The molecule has 1 aliphatic rings. The van der Waals surface area contributed by atoms with Gasteiger partial charge in [0.25, 0.3) is 0 Å². The molecule has 7 heteroatoms. The lowest BCUT2D eigenvalue weighted by Crippen LogP contribution is -2.49. The molecular formula is C16H21ClN2O4. The number of hydrogen-bond donors (Lipinski definition) is 1. The van der Waals surface area contributed by atoms with Gasteiger partial charge in [0.2, 0.25) is 5.91 Å². The van der Waals surface area contributed by atoms with Crippen LogP contribution in [0.15, 0.2) is 18.2 Å². The van der Waals surface area contributed by atoms with Crippen LogP contribution in [0, 0.1) is 0 Å². The van der Waals surface area contributed by atoms with E-state index in [9.17, 15) is 9.59 Å². The largest absolute Gasteiger partial charge is 0.465 e. The predicted octanol–water partition coefficient (Wildman–Crippen LogP) is 2.17. The Morgan fingerprint density at radius 1 is 1.35 bits per heavy atom. The lowest BCUT2D eigenvalue weighted by atomic mass is 10.2. The summed E-state index contributed by atoms with van der Waals surface area (Å²) < 4.78 is 10.3. The van der Waals surface area contributed by atoms with E-state index < -0.39 is 5.97 Å². The number of carbonyl (C=O) groups is 2. The number of hydrogen-bond acceptors (Lipinski definition) is 5. The first-order valence-corrected chi connectivity index (χ1v) is 7.83. The van der Waals surface area contributed by atoms with Gasteiger partial charge in [-0.3, -0.25) is 4.79 Å². The minimum atomic E-state index is -0.513. The van der Waals surface area contributed by atoms with Gasteiger partial charge in [0.05, 0.1) is 36.4 Å². The van der Waals surface area contributed by atoms with E-state index in [2.05, 4.69) is 10.1 Å². The van der Waals surface area contributed by atoms with Gasteiger partial charge >= 0.3 is 5.97 Å². The van der Waals surface area contributed by atoms with Crippen molar-refractivity contribution in [2.75, 3.05) is 32.1 Å². The summed E-state index contributed by atoms with van der Waals surface area (Å²) in [7, 11) is 1.29. The number of rotatable bonds is 4. The normalized spacial score (nSPS) is 21.0. The average Bonchev–Trinajstić information content (AvgIpc) is 2.52.